The molecule has 0 bridgehead atoms. The number of amides is 3. The SMILES string of the molecule is NC(=O)N[C@@H]1Cc2ccccc2N(CCCc2ccccc2)C1=O. The molecule has 0 radical (unpaired) electrons. The van der Waals surface area contributed by atoms with Crippen molar-refractivity contribution in [2.24, 2.45) is 5.73 Å². The standard InChI is InChI=1S/C19H21N3O2/c20-19(24)21-16-13-15-10-4-5-11-17(15)22(18(16)23)12-6-9-14-7-2-1-3-8-14/h1-5,7-8,10-11,16H,6,9,12-13H2,(H3,20,21,24)/t16-/m1/s1. The van der Waals surface area contributed by atoms with Crippen LogP contribution in [-0.4, -0.2) is 24.5 Å². The third-order valence-corrected chi connectivity index (χ3v) is 4.28. The van der Waals surface area contributed by atoms with Crippen molar-refractivity contribution >= 4 is 17.6 Å². The fourth-order valence-electron chi connectivity index (χ4n) is 3.16. The van der Waals surface area contributed by atoms with Gasteiger partial charge < -0.3 is 16.0 Å². The van der Waals surface area contributed by atoms with Gasteiger partial charge in [0.15, 0.2) is 0 Å². The van der Waals surface area contributed by atoms with Gasteiger partial charge in [-0.2, -0.15) is 0 Å². The number of hydrogen-bond donors (Lipinski definition) is 2. The molecule has 0 unspecified atom stereocenters. The molecule has 3 N–H and O–H groups in total. The van der Waals surface area contributed by atoms with Crippen LogP contribution in [0.1, 0.15) is 17.5 Å². The molecule has 5 heteroatoms. The van der Waals surface area contributed by atoms with Crippen molar-refractivity contribution in [1.82, 2.24) is 5.32 Å². The highest BCUT2D eigenvalue weighted by molar-refractivity contribution is 6.01. The summed E-state index contributed by atoms with van der Waals surface area (Å²) in [6, 6.07) is 16.8. The van der Waals surface area contributed by atoms with Crippen molar-refractivity contribution in [2.75, 3.05) is 11.4 Å². The molecule has 3 rings (SSSR count). The quantitative estimate of drug-likeness (QED) is 0.885. The molecule has 124 valence electrons. The second-order valence-corrected chi connectivity index (χ2v) is 5.97. The molecule has 1 aliphatic heterocycles. The molecule has 0 spiro atoms. The zero-order valence-corrected chi connectivity index (χ0v) is 13.4. The predicted octanol–water partition coefficient (Wildman–Crippen LogP) is 2.25. The van der Waals surface area contributed by atoms with Gasteiger partial charge in [-0.25, -0.2) is 4.79 Å². The van der Waals surface area contributed by atoms with Gasteiger partial charge in [0.2, 0.25) is 5.91 Å². The molecule has 1 aliphatic rings. The zero-order chi connectivity index (χ0) is 16.9. The molecular weight excluding hydrogens is 302 g/mol. The summed E-state index contributed by atoms with van der Waals surface area (Å²) in [7, 11) is 0. The van der Waals surface area contributed by atoms with Gasteiger partial charge in [0, 0.05) is 18.7 Å². The van der Waals surface area contributed by atoms with Crippen molar-refractivity contribution in [3.8, 4) is 0 Å². The third kappa shape index (κ3) is 3.56. The number of fused-ring (bicyclic) bond motifs is 1. The first-order chi connectivity index (χ1) is 11.6. The molecule has 1 heterocycles. The van der Waals surface area contributed by atoms with Gasteiger partial charge in [-0.05, 0) is 30.0 Å². The van der Waals surface area contributed by atoms with Gasteiger partial charge >= 0.3 is 6.03 Å². The maximum absolute atomic E-state index is 12.7. The Morgan fingerprint density at radius 2 is 1.83 bits per heavy atom. The van der Waals surface area contributed by atoms with Crippen LogP contribution < -0.4 is 16.0 Å². The first-order valence-corrected chi connectivity index (χ1v) is 8.14. The highest BCUT2D eigenvalue weighted by Gasteiger charge is 2.32. The molecule has 24 heavy (non-hydrogen) atoms. The molecule has 2 aromatic rings. The number of nitrogens with two attached hydrogens (primary N) is 1. The van der Waals surface area contributed by atoms with Crippen molar-refractivity contribution in [3.63, 3.8) is 0 Å². The molecule has 3 amide bonds. The number of anilines is 1. The minimum atomic E-state index is -0.669. The minimum absolute atomic E-state index is 0.0967. The number of primary amides is 1. The van der Waals surface area contributed by atoms with Crippen LogP contribution in [-0.2, 0) is 17.6 Å². The molecule has 0 fully saturated rings. The van der Waals surface area contributed by atoms with Crippen molar-refractivity contribution in [1.29, 1.82) is 0 Å². The van der Waals surface area contributed by atoms with E-state index < -0.39 is 12.1 Å². The van der Waals surface area contributed by atoms with E-state index in [0.717, 1.165) is 24.1 Å². The Kier molecular flexibility index (Phi) is 4.79. The second-order valence-electron chi connectivity index (χ2n) is 5.97. The number of para-hydroxylation sites is 1. The fraction of sp³-hybridized carbons (Fsp3) is 0.263. The molecule has 0 aliphatic carbocycles. The maximum Gasteiger partial charge on any atom is 0.312 e. The van der Waals surface area contributed by atoms with Gasteiger partial charge in [-0.3, -0.25) is 4.79 Å². The number of aryl methyl sites for hydroxylation is 1. The van der Waals surface area contributed by atoms with Crippen LogP contribution in [0.2, 0.25) is 0 Å². The monoisotopic (exact) mass is 323 g/mol. The van der Waals surface area contributed by atoms with Crippen molar-refractivity contribution in [3.05, 3.63) is 65.7 Å². The molecule has 0 aromatic heterocycles. The average molecular weight is 323 g/mol. The highest BCUT2D eigenvalue weighted by Crippen LogP contribution is 2.28. The number of carbonyl (C=O) groups is 2. The van der Waals surface area contributed by atoms with E-state index in [4.69, 9.17) is 5.73 Å². The summed E-state index contributed by atoms with van der Waals surface area (Å²) in [4.78, 5) is 25.7. The van der Waals surface area contributed by atoms with Crippen LogP contribution in [0.15, 0.2) is 54.6 Å². The summed E-state index contributed by atoms with van der Waals surface area (Å²) >= 11 is 0. The molecular formula is C19H21N3O2. The largest absolute Gasteiger partial charge is 0.352 e. The maximum atomic E-state index is 12.7. The number of urea groups is 1. The number of nitrogens with zero attached hydrogens (tertiary/aromatic N) is 1. The van der Waals surface area contributed by atoms with Crippen molar-refractivity contribution in [2.45, 2.75) is 25.3 Å². The number of benzene rings is 2. The van der Waals surface area contributed by atoms with Crippen LogP contribution in [0.25, 0.3) is 0 Å². The Balaban J connectivity index is 1.74. The Morgan fingerprint density at radius 1 is 1.12 bits per heavy atom. The third-order valence-electron chi connectivity index (χ3n) is 4.28. The summed E-state index contributed by atoms with van der Waals surface area (Å²) in [5.74, 6) is -0.0967. The van der Waals surface area contributed by atoms with Crippen LogP contribution in [0.3, 0.4) is 0 Å². The lowest BCUT2D eigenvalue weighted by Crippen LogP contribution is -2.54. The first-order valence-electron chi connectivity index (χ1n) is 8.14. The van der Waals surface area contributed by atoms with E-state index in [9.17, 15) is 9.59 Å². The van der Waals surface area contributed by atoms with E-state index in [1.54, 1.807) is 4.90 Å². The number of carbonyl (C=O) groups excluding carboxylic acids is 2. The van der Waals surface area contributed by atoms with Crippen LogP contribution in [0.4, 0.5) is 10.5 Å². The molecule has 0 saturated carbocycles. The van der Waals surface area contributed by atoms with Crippen LogP contribution in [0, 0.1) is 0 Å². The molecule has 1 atom stereocenters. The Bertz CT molecular complexity index is 730. The number of nitrogens with one attached hydrogen (secondary N) is 1. The van der Waals surface area contributed by atoms with E-state index in [2.05, 4.69) is 17.4 Å². The highest BCUT2D eigenvalue weighted by atomic mass is 16.2. The van der Waals surface area contributed by atoms with E-state index in [0.29, 0.717) is 13.0 Å². The number of hydrogen-bond acceptors (Lipinski definition) is 2. The fourth-order valence-corrected chi connectivity index (χ4v) is 3.16. The lowest BCUT2D eigenvalue weighted by Gasteiger charge is -2.34. The minimum Gasteiger partial charge on any atom is -0.352 e. The summed E-state index contributed by atoms with van der Waals surface area (Å²) in [5.41, 5.74) is 8.44. The van der Waals surface area contributed by atoms with E-state index in [1.165, 1.54) is 5.56 Å². The molecule has 0 saturated heterocycles. The smallest absolute Gasteiger partial charge is 0.312 e. The Morgan fingerprint density at radius 3 is 2.58 bits per heavy atom. The lowest BCUT2D eigenvalue weighted by atomic mass is 9.96. The summed E-state index contributed by atoms with van der Waals surface area (Å²) < 4.78 is 0. The Labute approximate surface area is 141 Å². The van der Waals surface area contributed by atoms with E-state index in [1.807, 2.05) is 42.5 Å². The van der Waals surface area contributed by atoms with Gasteiger partial charge in [-0.1, -0.05) is 48.5 Å². The van der Waals surface area contributed by atoms with Gasteiger partial charge in [0.25, 0.3) is 0 Å². The molecule has 5 nitrogen and oxygen atoms in total. The average Bonchev–Trinajstić information content (AvgIpc) is 2.58. The summed E-state index contributed by atoms with van der Waals surface area (Å²) in [5, 5.41) is 2.56. The predicted molar refractivity (Wildman–Crippen MR) is 93.8 cm³/mol. The summed E-state index contributed by atoms with van der Waals surface area (Å²) in [6.45, 7) is 0.613. The van der Waals surface area contributed by atoms with Gasteiger partial charge in [0.05, 0.1) is 0 Å². The molecule has 2 aromatic carbocycles. The Hall–Kier alpha value is -2.82. The summed E-state index contributed by atoms with van der Waals surface area (Å²) in [6.07, 6.45) is 2.24. The number of rotatable bonds is 5. The van der Waals surface area contributed by atoms with Crippen LogP contribution >= 0.6 is 0 Å². The lowest BCUT2D eigenvalue weighted by molar-refractivity contribution is -0.120. The van der Waals surface area contributed by atoms with Crippen LogP contribution in [0.5, 0.6) is 0 Å². The topological polar surface area (TPSA) is 75.4 Å². The van der Waals surface area contributed by atoms with Gasteiger partial charge in [-0.15, -0.1) is 0 Å². The van der Waals surface area contributed by atoms with Crippen molar-refractivity contribution < 1.29 is 9.59 Å². The van der Waals surface area contributed by atoms with Gasteiger partial charge in [0.1, 0.15) is 6.04 Å². The normalized spacial score (nSPS) is 16.6. The first kappa shape index (κ1) is 16.1. The van der Waals surface area contributed by atoms with E-state index >= 15 is 0 Å². The second kappa shape index (κ2) is 7.17. The zero-order valence-electron chi connectivity index (χ0n) is 13.4. The van der Waals surface area contributed by atoms with E-state index in [-0.39, 0.29) is 5.91 Å².